The van der Waals surface area contributed by atoms with E-state index in [2.05, 4.69) is 10.5 Å². The zero-order chi connectivity index (χ0) is 19.6. The predicted molar refractivity (Wildman–Crippen MR) is 111 cm³/mol. The molecule has 3 aromatic carbocycles. The summed E-state index contributed by atoms with van der Waals surface area (Å²) in [5, 5.41) is 6.60. The van der Waals surface area contributed by atoms with Crippen LogP contribution in [-0.2, 0) is 16.2 Å². The molecule has 0 heterocycles. The molecule has 3 rings (SSSR count). The fourth-order valence-corrected chi connectivity index (χ4v) is 2.50. The third kappa shape index (κ3) is 6.29. The fourth-order valence-electron chi connectivity index (χ4n) is 2.50. The number of oxime groups is 1. The number of carbonyl (C=O) groups excluding carboxylic acids is 1. The largest absolute Gasteiger partial charge is 0.489 e. The van der Waals surface area contributed by atoms with Crippen LogP contribution in [0.1, 0.15) is 16.7 Å². The number of anilines is 1. The highest BCUT2D eigenvalue weighted by molar-refractivity contribution is 5.91. The summed E-state index contributed by atoms with van der Waals surface area (Å²) in [7, 11) is 0. The number of nitrogens with zero attached hydrogens (tertiary/aromatic N) is 1. The van der Waals surface area contributed by atoms with Gasteiger partial charge in [0, 0.05) is 5.69 Å². The van der Waals surface area contributed by atoms with Crippen molar-refractivity contribution in [3.63, 3.8) is 0 Å². The molecule has 28 heavy (non-hydrogen) atoms. The van der Waals surface area contributed by atoms with Gasteiger partial charge in [-0.15, -0.1) is 0 Å². The Morgan fingerprint density at radius 1 is 1.00 bits per heavy atom. The van der Waals surface area contributed by atoms with Crippen molar-refractivity contribution >= 4 is 17.8 Å². The Bertz CT molecular complexity index is 922. The summed E-state index contributed by atoms with van der Waals surface area (Å²) in [6, 6.07) is 25.1. The van der Waals surface area contributed by atoms with Gasteiger partial charge in [-0.05, 0) is 60.0 Å². The van der Waals surface area contributed by atoms with Crippen molar-refractivity contribution in [2.75, 3.05) is 11.9 Å². The molecular formula is C23H22N2O3. The van der Waals surface area contributed by atoms with Gasteiger partial charge in [-0.2, -0.15) is 0 Å². The van der Waals surface area contributed by atoms with Crippen LogP contribution in [0.5, 0.6) is 5.75 Å². The molecule has 0 bridgehead atoms. The number of benzene rings is 3. The summed E-state index contributed by atoms with van der Waals surface area (Å²) >= 11 is 0. The smallest absolute Gasteiger partial charge is 0.265 e. The number of amides is 1. The first-order valence-electron chi connectivity index (χ1n) is 8.98. The summed E-state index contributed by atoms with van der Waals surface area (Å²) in [5.41, 5.74) is 3.79. The molecule has 0 aromatic heterocycles. The quantitative estimate of drug-likeness (QED) is 0.464. The van der Waals surface area contributed by atoms with E-state index in [1.165, 1.54) is 0 Å². The van der Waals surface area contributed by atoms with Crippen LogP contribution < -0.4 is 10.1 Å². The van der Waals surface area contributed by atoms with Crippen LogP contribution in [0.15, 0.2) is 84.0 Å². The molecule has 1 N–H and O–H groups in total. The van der Waals surface area contributed by atoms with Crippen molar-refractivity contribution < 1.29 is 14.4 Å². The highest BCUT2D eigenvalue weighted by Crippen LogP contribution is 2.13. The predicted octanol–water partition coefficient (Wildman–Crippen LogP) is 4.56. The van der Waals surface area contributed by atoms with Crippen molar-refractivity contribution in [2.45, 2.75) is 13.5 Å². The van der Waals surface area contributed by atoms with E-state index in [-0.39, 0.29) is 12.5 Å². The Labute approximate surface area is 164 Å². The minimum Gasteiger partial charge on any atom is -0.489 e. The third-order valence-corrected chi connectivity index (χ3v) is 3.90. The van der Waals surface area contributed by atoms with E-state index < -0.39 is 0 Å². The van der Waals surface area contributed by atoms with Crippen molar-refractivity contribution in [1.82, 2.24) is 0 Å². The molecule has 0 atom stereocenters. The van der Waals surface area contributed by atoms with Gasteiger partial charge in [-0.1, -0.05) is 47.6 Å². The monoisotopic (exact) mass is 374 g/mol. The van der Waals surface area contributed by atoms with E-state index >= 15 is 0 Å². The van der Waals surface area contributed by atoms with Crippen LogP contribution in [-0.4, -0.2) is 18.7 Å². The van der Waals surface area contributed by atoms with Crippen molar-refractivity contribution in [3.05, 3.63) is 95.6 Å². The molecule has 5 heteroatoms. The molecule has 3 aromatic rings. The summed E-state index contributed by atoms with van der Waals surface area (Å²) in [5.74, 6) is 0.520. The Balaban J connectivity index is 1.41. The van der Waals surface area contributed by atoms with Gasteiger partial charge in [0.05, 0.1) is 6.21 Å². The Morgan fingerprint density at radius 2 is 1.79 bits per heavy atom. The first-order valence-corrected chi connectivity index (χ1v) is 8.98. The molecule has 0 saturated heterocycles. The van der Waals surface area contributed by atoms with Crippen LogP contribution in [0.25, 0.3) is 0 Å². The van der Waals surface area contributed by atoms with Gasteiger partial charge in [0.1, 0.15) is 12.4 Å². The SMILES string of the molecule is Cc1cccc(NC(=O)CO/N=C/c2ccc(OCc3ccccc3)cc2)c1. The van der Waals surface area contributed by atoms with E-state index in [1.807, 2.05) is 85.8 Å². The average molecular weight is 374 g/mol. The van der Waals surface area contributed by atoms with E-state index in [1.54, 1.807) is 6.21 Å². The second-order valence-corrected chi connectivity index (χ2v) is 6.27. The Kier molecular flexibility index (Phi) is 6.79. The number of ether oxygens (including phenoxy) is 1. The van der Waals surface area contributed by atoms with Crippen molar-refractivity contribution in [3.8, 4) is 5.75 Å². The zero-order valence-corrected chi connectivity index (χ0v) is 15.7. The van der Waals surface area contributed by atoms with E-state index in [9.17, 15) is 4.79 Å². The number of hydrogen-bond acceptors (Lipinski definition) is 4. The van der Waals surface area contributed by atoms with Crippen LogP contribution in [0.3, 0.4) is 0 Å². The number of hydrogen-bond donors (Lipinski definition) is 1. The highest BCUT2D eigenvalue weighted by Gasteiger charge is 2.02. The van der Waals surface area contributed by atoms with Crippen LogP contribution in [0.4, 0.5) is 5.69 Å². The molecule has 0 aliphatic rings. The van der Waals surface area contributed by atoms with E-state index in [0.29, 0.717) is 6.61 Å². The first kappa shape index (κ1) is 19.2. The maximum absolute atomic E-state index is 11.8. The number of aryl methyl sites for hydroxylation is 1. The number of carbonyl (C=O) groups is 1. The average Bonchev–Trinajstić information content (AvgIpc) is 2.71. The summed E-state index contributed by atoms with van der Waals surface area (Å²) in [6.07, 6.45) is 1.56. The molecule has 142 valence electrons. The van der Waals surface area contributed by atoms with Gasteiger partial charge >= 0.3 is 0 Å². The molecule has 1 amide bonds. The summed E-state index contributed by atoms with van der Waals surface area (Å²) < 4.78 is 5.74. The van der Waals surface area contributed by atoms with E-state index in [4.69, 9.17) is 9.57 Å². The highest BCUT2D eigenvalue weighted by atomic mass is 16.6. The van der Waals surface area contributed by atoms with Gasteiger partial charge in [-0.3, -0.25) is 4.79 Å². The lowest BCUT2D eigenvalue weighted by molar-refractivity contribution is -0.120. The maximum Gasteiger partial charge on any atom is 0.265 e. The second-order valence-electron chi connectivity index (χ2n) is 6.27. The lowest BCUT2D eigenvalue weighted by atomic mass is 10.2. The van der Waals surface area contributed by atoms with E-state index in [0.717, 1.165) is 28.1 Å². The van der Waals surface area contributed by atoms with Gasteiger partial charge in [0.15, 0.2) is 6.61 Å². The fraction of sp³-hybridized carbons (Fsp3) is 0.130. The molecule has 0 spiro atoms. The molecule has 0 saturated carbocycles. The lowest BCUT2D eigenvalue weighted by Gasteiger charge is -2.06. The van der Waals surface area contributed by atoms with Crippen molar-refractivity contribution in [1.29, 1.82) is 0 Å². The minimum absolute atomic E-state index is 0.150. The van der Waals surface area contributed by atoms with Crippen LogP contribution in [0.2, 0.25) is 0 Å². The van der Waals surface area contributed by atoms with Crippen LogP contribution in [0, 0.1) is 6.92 Å². The molecule has 0 unspecified atom stereocenters. The van der Waals surface area contributed by atoms with Crippen molar-refractivity contribution in [2.24, 2.45) is 5.16 Å². The number of nitrogens with one attached hydrogen (secondary N) is 1. The molecule has 0 aliphatic heterocycles. The zero-order valence-electron chi connectivity index (χ0n) is 15.7. The van der Waals surface area contributed by atoms with Gasteiger partial charge in [-0.25, -0.2) is 0 Å². The summed E-state index contributed by atoms with van der Waals surface area (Å²) in [4.78, 5) is 16.9. The normalized spacial score (nSPS) is 10.6. The molecule has 0 radical (unpaired) electrons. The number of rotatable bonds is 8. The molecule has 5 nitrogen and oxygen atoms in total. The topological polar surface area (TPSA) is 59.9 Å². The molecular weight excluding hydrogens is 352 g/mol. The minimum atomic E-state index is -0.257. The van der Waals surface area contributed by atoms with Gasteiger partial charge in [0.2, 0.25) is 0 Å². The molecule has 0 aliphatic carbocycles. The summed E-state index contributed by atoms with van der Waals surface area (Å²) in [6.45, 7) is 2.34. The molecule has 0 fully saturated rings. The Hall–Kier alpha value is -3.60. The Morgan fingerprint density at radius 3 is 2.54 bits per heavy atom. The first-order chi connectivity index (χ1) is 13.7. The maximum atomic E-state index is 11.8. The lowest BCUT2D eigenvalue weighted by Crippen LogP contribution is -2.16. The van der Waals surface area contributed by atoms with Gasteiger partial charge in [0.25, 0.3) is 5.91 Å². The van der Waals surface area contributed by atoms with Crippen LogP contribution >= 0.6 is 0 Å². The second kappa shape index (κ2) is 9.92. The van der Waals surface area contributed by atoms with Gasteiger partial charge < -0.3 is 14.9 Å². The standard InChI is InChI=1S/C23H22N2O3/c1-18-6-5-9-21(14-18)25-23(26)17-28-24-15-19-10-12-22(13-11-19)27-16-20-7-3-2-4-8-20/h2-15H,16-17H2,1H3,(H,25,26)/b24-15+. The third-order valence-electron chi connectivity index (χ3n) is 3.90.